The lowest BCUT2D eigenvalue weighted by Gasteiger charge is -2.33. The van der Waals surface area contributed by atoms with Crippen molar-refractivity contribution in [1.29, 1.82) is 0 Å². The molecule has 1 aromatic carbocycles. The summed E-state index contributed by atoms with van der Waals surface area (Å²) in [5, 5.41) is 3.83. The first-order valence-corrected chi connectivity index (χ1v) is 9.12. The molecule has 0 aliphatic carbocycles. The number of amides is 2. The highest BCUT2D eigenvalue weighted by Crippen LogP contribution is 2.21. The molecule has 3 rings (SSSR count). The fourth-order valence-electron chi connectivity index (χ4n) is 3.40. The van der Waals surface area contributed by atoms with Crippen molar-refractivity contribution in [2.75, 3.05) is 20.1 Å². The van der Waals surface area contributed by atoms with Crippen LogP contribution in [-0.2, 0) is 22.6 Å². The number of hydrogen-bond donors (Lipinski definition) is 0. The number of rotatable bonds is 6. The van der Waals surface area contributed by atoms with Gasteiger partial charge in [-0.3, -0.25) is 9.59 Å². The predicted molar refractivity (Wildman–Crippen MR) is 97.1 cm³/mol. The lowest BCUT2D eigenvalue weighted by atomic mass is 9.95. The third-order valence-electron chi connectivity index (χ3n) is 4.85. The largest absolute Gasteiger partial charge is 0.359 e. The maximum absolute atomic E-state index is 13.3. The Bertz CT molecular complexity index is 820. The van der Waals surface area contributed by atoms with Crippen LogP contribution in [0.3, 0.4) is 0 Å². The molecule has 0 bridgehead atoms. The number of nitrogens with zero attached hydrogens (tertiary/aromatic N) is 3. The molecule has 7 heteroatoms. The predicted octanol–water partition coefficient (Wildman–Crippen LogP) is 2.56. The third kappa shape index (κ3) is 4.93. The molecule has 27 heavy (non-hydrogen) atoms. The SMILES string of the molecule is Cc1cc(CN(C)C(=O)[C@@H]2CCC(=O)N(CCc3cccc(F)c3)C2)on1. The van der Waals surface area contributed by atoms with Crippen LogP contribution in [0, 0.1) is 18.7 Å². The van der Waals surface area contributed by atoms with Gasteiger partial charge in [-0.1, -0.05) is 17.3 Å². The number of halogens is 1. The fourth-order valence-corrected chi connectivity index (χ4v) is 3.40. The summed E-state index contributed by atoms with van der Waals surface area (Å²) in [7, 11) is 1.73. The Kier molecular flexibility index (Phi) is 5.88. The van der Waals surface area contributed by atoms with Crippen LogP contribution in [0.1, 0.15) is 29.9 Å². The Balaban J connectivity index is 1.56. The van der Waals surface area contributed by atoms with Crippen LogP contribution in [0.2, 0.25) is 0 Å². The third-order valence-corrected chi connectivity index (χ3v) is 4.85. The van der Waals surface area contributed by atoms with Gasteiger partial charge in [-0.15, -0.1) is 0 Å². The van der Waals surface area contributed by atoms with E-state index < -0.39 is 0 Å². The summed E-state index contributed by atoms with van der Waals surface area (Å²) in [4.78, 5) is 28.3. The Hall–Kier alpha value is -2.70. The minimum atomic E-state index is -0.283. The molecule has 1 saturated heterocycles. The fraction of sp³-hybridized carbons (Fsp3) is 0.450. The van der Waals surface area contributed by atoms with Gasteiger partial charge >= 0.3 is 0 Å². The van der Waals surface area contributed by atoms with Gasteiger partial charge in [-0.2, -0.15) is 0 Å². The molecule has 2 amide bonds. The van der Waals surface area contributed by atoms with E-state index in [1.165, 1.54) is 12.1 Å². The van der Waals surface area contributed by atoms with Gasteiger partial charge in [-0.05, 0) is 37.5 Å². The number of hydrogen-bond acceptors (Lipinski definition) is 4. The summed E-state index contributed by atoms with van der Waals surface area (Å²) in [6.45, 7) is 3.06. The molecule has 144 valence electrons. The zero-order valence-electron chi connectivity index (χ0n) is 15.7. The van der Waals surface area contributed by atoms with Crippen LogP contribution in [0.5, 0.6) is 0 Å². The average molecular weight is 373 g/mol. The minimum absolute atomic E-state index is 0.00712. The first-order chi connectivity index (χ1) is 12.9. The number of carbonyl (C=O) groups is 2. The number of carbonyl (C=O) groups excluding carboxylic acids is 2. The number of aromatic nitrogens is 1. The van der Waals surface area contributed by atoms with E-state index in [1.54, 1.807) is 29.0 Å². The minimum Gasteiger partial charge on any atom is -0.359 e. The molecule has 1 aliphatic heterocycles. The first-order valence-electron chi connectivity index (χ1n) is 9.12. The summed E-state index contributed by atoms with van der Waals surface area (Å²) in [5.41, 5.74) is 1.62. The molecular weight excluding hydrogens is 349 g/mol. The summed E-state index contributed by atoms with van der Waals surface area (Å²) < 4.78 is 18.5. The number of likely N-dealkylation sites (tertiary alicyclic amines) is 1. The molecule has 0 unspecified atom stereocenters. The van der Waals surface area contributed by atoms with Gasteiger partial charge in [0.1, 0.15) is 5.82 Å². The van der Waals surface area contributed by atoms with E-state index >= 15 is 0 Å². The monoisotopic (exact) mass is 373 g/mol. The van der Waals surface area contributed by atoms with E-state index in [2.05, 4.69) is 5.16 Å². The Morgan fingerprint density at radius 1 is 1.41 bits per heavy atom. The highest BCUT2D eigenvalue weighted by molar-refractivity contribution is 5.83. The van der Waals surface area contributed by atoms with E-state index in [-0.39, 0.29) is 23.5 Å². The van der Waals surface area contributed by atoms with Crippen molar-refractivity contribution < 1.29 is 18.5 Å². The quantitative estimate of drug-likeness (QED) is 0.781. The first kappa shape index (κ1) is 19.1. The van der Waals surface area contributed by atoms with Crippen molar-refractivity contribution in [1.82, 2.24) is 15.0 Å². The second-order valence-electron chi connectivity index (χ2n) is 7.08. The van der Waals surface area contributed by atoms with Gasteiger partial charge in [0.2, 0.25) is 11.8 Å². The second kappa shape index (κ2) is 8.33. The van der Waals surface area contributed by atoms with Crippen LogP contribution >= 0.6 is 0 Å². The van der Waals surface area contributed by atoms with Gasteiger partial charge in [0.25, 0.3) is 0 Å². The topological polar surface area (TPSA) is 66.7 Å². The van der Waals surface area contributed by atoms with Crippen molar-refractivity contribution in [3.8, 4) is 0 Å². The van der Waals surface area contributed by atoms with Crippen LogP contribution in [0.4, 0.5) is 4.39 Å². The number of benzene rings is 1. The lowest BCUT2D eigenvalue weighted by molar-refractivity contribution is -0.142. The highest BCUT2D eigenvalue weighted by atomic mass is 19.1. The molecule has 0 saturated carbocycles. The van der Waals surface area contributed by atoms with Crippen LogP contribution in [0.25, 0.3) is 0 Å². The van der Waals surface area contributed by atoms with Gasteiger partial charge in [0.05, 0.1) is 18.2 Å². The van der Waals surface area contributed by atoms with Crippen molar-refractivity contribution in [3.63, 3.8) is 0 Å². The van der Waals surface area contributed by atoms with Crippen molar-refractivity contribution in [3.05, 3.63) is 53.2 Å². The van der Waals surface area contributed by atoms with E-state index in [0.717, 1.165) is 11.3 Å². The maximum Gasteiger partial charge on any atom is 0.227 e. The molecule has 6 nitrogen and oxygen atoms in total. The lowest BCUT2D eigenvalue weighted by Crippen LogP contribution is -2.46. The zero-order chi connectivity index (χ0) is 19.4. The summed E-state index contributed by atoms with van der Waals surface area (Å²) in [6, 6.07) is 8.18. The van der Waals surface area contributed by atoms with Crippen LogP contribution in [-0.4, -0.2) is 46.9 Å². The van der Waals surface area contributed by atoms with Crippen molar-refractivity contribution in [2.45, 2.75) is 32.7 Å². The Labute approximate surface area is 157 Å². The zero-order valence-corrected chi connectivity index (χ0v) is 15.7. The van der Waals surface area contributed by atoms with E-state index in [9.17, 15) is 14.0 Å². The molecule has 2 aromatic rings. The molecule has 0 N–H and O–H groups in total. The molecular formula is C20H24FN3O3. The standard InChI is InChI=1S/C20H24FN3O3/c1-14-10-18(27-22-14)13-23(2)20(26)16-6-7-19(25)24(12-16)9-8-15-4-3-5-17(21)11-15/h3-5,10-11,16H,6-9,12-13H2,1-2H3/t16-/m1/s1. The Morgan fingerprint density at radius 2 is 2.22 bits per heavy atom. The van der Waals surface area contributed by atoms with E-state index in [1.807, 2.05) is 13.0 Å². The van der Waals surface area contributed by atoms with Crippen molar-refractivity contribution >= 4 is 11.8 Å². The van der Waals surface area contributed by atoms with Gasteiger partial charge in [0.15, 0.2) is 5.76 Å². The molecule has 1 fully saturated rings. The maximum atomic E-state index is 13.3. The van der Waals surface area contributed by atoms with Gasteiger partial charge < -0.3 is 14.3 Å². The van der Waals surface area contributed by atoms with Gasteiger partial charge in [-0.25, -0.2) is 4.39 Å². The number of piperidine rings is 1. The van der Waals surface area contributed by atoms with Crippen LogP contribution in [0.15, 0.2) is 34.9 Å². The molecule has 2 heterocycles. The summed E-state index contributed by atoms with van der Waals surface area (Å²) in [6.07, 6.45) is 1.47. The van der Waals surface area contributed by atoms with Crippen LogP contribution < -0.4 is 0 Å². The van der Waals surface area contributed by atoms with E-state index in [0.29, 0.717) is 44.7 Å². The molecule has 1 aromatic heterocycles. The Morgan fingerprint density at radius 3 is 2.93 bits per heavy atom. The number of aryl methyl sites for hydroxylation is 1. The average Bonchev–Trinajstić information content (AvgIpc) is 3.05. The highest BCUT2D eigenvalue weighted by Gasteiger charge is 2.31. The summed E-state index contributed by atoms with van der Waals surface area (Å²) in [5.74, 6) is 0.161. The van der Waals surface area contributed by atoms with E-state index in [4.69, 9.17) is 4.52 Å². The molecule has 0 radical (unpaired) electrons. The molecule has 1 atom stereocenters. The molecule has 0 spiro atoms. The van der Waals surface area contributed by atoms with Gasteiger partial charge in [0, 0.05) is 32.6 Å². The summed E-state index contributed by atoms with van der Waals surface area (Å²) >= 11 is 0. The smallest absolute Gasteiger partial charge is 0.227 e. The normalized spacial score (nSPS) is 17.2. The van der Waals surface area contributed by atoms with Crippen molar-refractivity contribution in [2.24, 2.45) is 5.92 Å². The second-order valence-corrected chi connectivity index (χ2v) is 7.08. The molecule has 1 aliphatic rings.